The molecular weight excluding hydrogens is 250 g/mol. The Morgan fingerprint density at radius 1 is 1.69 bits per heavy atom. The summed E-state index contributed by atoms with van der Waals surface area (Å²) >= 11 is 5.20. The van der Waals surface area contributed by atoms with Gasteiger partial charge >= 0.3 is 0 Å². The molecule has 1 aliphatic carbocycles. The van der Waals surface area contributed by atoms with Crippen molar-refractivity contribution >= 4 is 33.3 Å². The molecule has 68 valence electrons. The number of hydrogen-bond acceptors (Lipinski definition) is 3. The summed E-state index contributed by atoms with van der Waals surface area (Å²) in [5, 5.41) is 0. The van der Waals surface area contributed by atoms with E-state index in [-0.39, 0.29) is 6.04 Å². The highest BCUT2D eigenvalue weighted by Gasteiger charge is 2.21. The van der Waals surface area contributed by atoms with Gasteiger partial charge < -0.3 is 0 Å². The second-order valence-electron chi connectivity index (χ2n) is 3.06. The highest BCUT2D eigenvalue weighted by atomic mass is 79.9. The first-order valence-corrected chi connectivity index (χ1v) is 5.77. The molecule has 0 fully saturated rings. The van der Waals surface area contributed by atoms with E-state index < -0.39 is 0 Å². The van der Waals surface area contributed by atoms with Crippen molar-refractivity contribution < 1.29 is 4.79 Å². The highest BCUT2D eigenvalue weighted by molar-refractivity contribution is 9.11. The molecule has 13 heavy (non-hydrogen) atoms. The molecule has 1 aliphatic rings. The molecule has 1 heterocycles. The van der Waals surface area contributed by atoms with Crippen molar-refractivity contribution in [3.05, 3.63) is 20.3 Å². The molecule has 1 unspecified atom stereocenters. The van der Waals surface area contributed by atoms with Crippen molar-refractivity contribution in [1.82, 2.24) is 0 Å². The number of isocyanates is 1. The zero-order valence-corrected chi connectivity index (χ0v) is 9.32. The van der Waals surface area contributed by atoms with Crippen molar-refractivity contribution in [2.24, 2.45) is 4.99 Å². The van der Waals surface area contributed by atoms with E-state index in [1.165, 1.54) is 10.4 Å². The Labute approximate surface area is 88.8 Å². The Bertz CT molecular complexity index is 368. The molecule has 0 N–H and O–H groups in total. The van der Waals surface area contributed by atoms with Crippen LogP contribution in [0.2, 0.25) is 0 Å². The minimum absolute atomic E-state index is 0.0591. The van der Waals surface area contributed by atoms with Crippen LogP contribution in [0.5, 0.6) is 0 Å². The van der Waals surface area contributed by atoms with Gasteiger partial charge in [0.2, 0.25) is 6.08 Å². The lowest BCUT2D eigenvalue weighted by Gasteiger charge is -2.16. The maximum atomic E-state index is 10.2. The highest BCUT2D eigenvalue weighted by Crippen LogP contribution is 2.39. The molecule has 2 rings (SSSR count). The van der Waals surface area contributed by atoms with Gasteiger partial charge in [-0.1, -0.05) is 0 Å². The molecule has 1 atom stereocenters. The lowest BCUT2D eigenvalue weighted by molar-refractivity contribution is 0.540. The molecule has 4 heteroatoms. The van der Waals surface area contributed by atoms with Gasteiger partial charge in [-0.05, 0) is 46.8 Å². The first-order chi connectivity index (χ1) is 6.31. The van der Waals surface area contributed by atoms with Crippen molar-refractivity contribution in [3.63, 3.8) is 0 Å². The Morgan fingerprint density at radius 3 is 3.31 bits per heavy atom. The second kappa shape index (κ2) is 3.74. The fraction of sp³-hybridized carbons (Fsp3) is 0.444. The van der Waals surface area contributed by atoms with Crippen molar-refractivity contribution in [2.75, 3.05) is 0 Å². The monoisotopic (exact) mass is 257 g/mol. The van der Waals surface area contributed by atoms with Gasteiger partial charge in [0.1, 0.15) is 0 Å². The van der Waals surface area contributed by atoms with Gasteiger partial charge in [0.25, 0.3) is 0 Å². The summed E-state index contributed by atoms with van der Waals surface area (Å²) in [6, 6.07) is 2.13. The minimum Gasteiger partial charge on any atom is -0.211 e. The summed E-state index contributed by atoms with van der Waals surface area (Å²) in [6.45, 7) is 0. The molecule has 0 aliphatic heterocycles. The quantitative estimate of drug-likeness (QED) is 0.561. The standard InChI is InChI=1S/C9H8BrNOS/c10-9-4-6-7(11-5-12)2-1-3-8(6)13-9/h4,7H,1-3H2. The fourth-order valence-electron chi connectivity index (χ4n) is 1.70. The van der Waals surface area contributed by atoms with Crippen LogP contribution in [0.1, 0.15) is 29.3 Å². The van der Waals surface area contributed by atoms with Crippen LogP contribution in [-0.4, -0.2) is 6.08 Å². The lowest BCUT2D eigenvalue weighted by Crippen LogP contribution is -2.04. The Hall–Kier alpha value is -0.440. The molecule has 2 nitrogen and oxygen atoms in total. The number of rotatable bonds is 1. The number of hydrogen-bond donors (Lipinski definition) is 0. The topological polar surface area (TPSA) is 29.4 Å². The number of thiophene rings is 1. The van der Waals surface area contributed by atoms with Crippen LogP contribution < -0.4 is 0 Å². The smallest absolute Gasteiger partial charge is 0.211 e. The van der Waals surface area contributed by atoms with Crippen LogP contribution in [0, 0.1) is 0 Å². The van der Waals surface area contributed by atoms with Gasteiger partial charge in [-0.25, -0.2) is 4.79 Å². The van der Waals surface area contributed by atoms with Crippen molar-refractivity contribution in [2.45, 2.75) is 25.3 Å². The van der Waals surface area contributed by atoms with E-state index in [0.29, 0.717) is 0 Å². The summed E-state index contributed by atoms with van der Waals surface area (Å²) in [5.74, 6) is 0. The van der Waals surface area contributed by atoms with Crippen LogP contribution in [0.25, 0.3) is 0 Å². The second-order valence-corrected chi connectivity index (χ2v) is 5.57. The summed E-state index contributed by atoms with van der Waals surface area (Å²) in [6.07, 6.45) is 4.87. The first-order valence-electron chi connectivity index (χ1n) is 4.16. The number of nitrogens with zero attached hydrogens (tertiary/aromatic N) is 1. The molecule has 0 amide bonds. The van der Waals surface area contributed by atoms with Gasteiger partial charge in [0.05, 0.1) is 9.83 Å². The average Bonchev–Trinajstić information content (AvgIpc) is 2.47. The average molecular weight is 258 g/mol. The molecule has 1 aromatic heterocycles. The van der Waals surface area contributed by atoms with E-state index >= 15 is 0 Å². The van der Waals surface area contributed by atoms with Crippen LogP contribution in [0.4, 0.5) is 0 Å². The Morgan fingerprint density at radius 2 is 2.54 bits per heavy atom. The lowest BCUT2D eigenvalue weighted by atomic mass is 9.95. The van der Waals surface area contributed by atoms with Crippen molar-refractivity contribution in [1.29, 1.82) is 0 Å². The van der Waals surface area contributed by atoms with Gasteiger partial charge in [0.15, 0.2) is 0 Å². The Balaban J connectivity index is 2.41. The molecule has 0 saturated heterocycles. The number of aliphatic imine (C=N–C) groups is 1. The van der Waals surface area contributed by atoms with Crippen molar-refractivity contribution in [3.8, 4) is 0 Å². The molecule has 0 aromatic carbocycles. The Kier molecular flexibility index (Phi) is 2.63. The predicted molar refractivity (Wildman–Crippen MR) is 55.8 cm³/mol. The van der Waals surface area contributed by atoms with Gasteiger partial charge in [0, 0.05) is 4.88 Å². The number of halogens is 1. The summed E-state index contributed by atoms with van der Waals surface area (Å²) in [5.41, 5.74) is 1.21. The third kappa shape index (κ3) is 1.75. The summed E-state index contributed by atoms with van der Waals surface area (Å²) < 4.78 is 1.13. The van der Waals surface area contributed by atoms with Crippen LogP contribution in [0.15, 0.2) is 14.8 Å². The summed E-state index contributed by atoms with van der Waals surface area (Å²) in [7, 11) is 0. The molecule has 0 saturated carbocycles. The molecule has 0 spiro atoms. The third-order valence-electron chi connectivity index (χ3n) is 2.26. The van der Waals surface area contributed by atoms with E-state index in [2.05, 4.69) is 27.0 Å². The van der Waals surface area contributed by atoms with E-state index in [9.17, 15) is 4.79 Å². The number of fused-ring (bicyclic) bond motifs is 1. The van der Waals surface area contributed by atoms with E-state index in [0.717, 1.165) is 23.0 Å². The zero-order chi connectivity index (χ0) is 9.26. The van der Waals surface area contributed by atoms with Crippen LogP contribution >= 0.6 is 27.3 Å². The molecule has 0 radical (unpaired) electrons. The number of aryl methyl sites for hydroxylation is 1. The fourth-order valence-corrected chi connectivity index (χ4v) is 3.51. The largest absolute Gasteiger partial charge is 0.235 e. The maximum Gasteiger partial charge on any atom is 0.235 e. The SMILES string of the molecule is O=C=NC1CCCc2sc(Br)cc21. The normalized spacial score (nSPS) is 20.5. The molecule has 1 aromatic rings. The van der Waals surface area contributed by atoms with E-state index in [4.69, 9.17) is 0 Å². The van der Waals surface area contributed by atoms with E-state index in [1.807, 2.05) is 0 Å². The first kappa shape index (κ1) is 9.13. The zero-order valence-electron chi connectivity index (χ0n) is 6.92. The molecule has 0 bridgehead atoms. The third-order valence-corrected chi connectivity index (χ3v) is 3.97. The molecular formula is C9H8BrNOS. The van der Waals surface area contributed by atoms with E-state index in [1.54, 1.807) is 17.4 Å². The minimum atomic E-state index is 0.0591. The van der Waals surface area contributed by atoms with Gasteiger partial charge in [-0.15, -0.1) is 11.3 Å². The summed E-state index contributed by atoms with van der Waals surface area (Å²) in [4.78, 5) is 15.4. The maximum absolute atomic E-state index is 10.2. The van der Waals surface area contributed by atoms with Gasteiger partial charge in [-0.2, -0.15) is 4.99 Å². The van der Waals surface area contributed by atoms with Gasteiger partial charge in [-0.3, -0.25) is 0 Å². The number of carbonyl (C=O) groups excluding carboxylic acids is 1. The predicted octanol–water partition coefficient (Wildman–Crippen LogP) is 3.22. The van der Waals surface area contributed by atoms with Crippen LogP contribution in [-0.2, 0) is 11.2 Å². The van der Waals surface area contributed by atoms with Crippen LogP contribution in [0.3, 0.4) is 0 Å².